The standard InChI is InChI=1S/C85H60N2O/c1-4-58-29-35-62(36-30-58)66-53-67(63-37-31-59(5-2)32-38-63)55-72(54-66)87-83-28-18-15-25-78(83)79-56-65(41-52-84(79)87)61-39-44-70(45-40-61)86(82-27-17-14-23-75(82)64-19-9-7-10-20-64)71-46-51-77-76-24-13-16-26-80(76)85(81(77)57-71,68-21-11-8-12-22-68)69-42-49-74(50-43-69)88-73-47-33-60(6-3)34-48-73/h4-57H,1-3H2/i7D,9D,10D,19D,20D. The van der Waals surface area contributed by atoms with Crippen LogP contribution in [0.1, 0.15) is 45.8 Å². The molecule has 0 N–H and O–H groups in total. The summed E-state index contributed by atoms with van der Waals surface area (Å²) in [5.74, 6) is 1.42. The number of hydrogen-bond donors (Lipinski definition) is 0. The highest BCUT2D eigenvalue weighted by molar-refractivity contribution is 6.11. The van der Waals surface area contributed by atoms with Crippen LogP contribution in [-0.4, -0.2) is 4.57 Å². The Hall–Kier alpha value is -11.5. The Morgan fingerprint density at radius 2 is 0.875 bits per heavy atom. The average molecular weight is 1130 g/mol. The number of ether oxygens (including phenoxy) is 1. The first-order valence-corrected chi connectivity index (χ1v) is 29.5. The molecule has 1 atom stereocenters. The minimum Gasteiger partial charge on any atom is -0.457 e. The lowest BCUT2D eigenvalue weighted by molar-refractivity contribution is 0.482. The van der Waals surface area contributed by atoms with Crippen LogP contribution in [0.25, 0.3) is 101 Å². The van der Waals surface area contributed by atoms with Crippen LogP contribution in [0.4, 0.5) is 17.1 Å². The molecular weight excluding hydrogens is 1060 g/mol. The minimum absolute atomic E-state index is 0.115. The Kier molecular flexibility index (Phi) is 12.2. The monoisotopic (exact) mass is 1130 g/mol. The summed E-state index contributed by atoms with van der Waals surface area (Å²) < 4.78 is 53.7. The zero-order valence-electron chi connectivity index (χ0n) is 53.2. The zero-order chi connectivity index (χ0) is 63.5. The van der Waals surface area contributed by atoms with Crippen molar-refractivity contribution in [2.45, 2.75) is 5.41 Å². The molecule has 0 bridgehead atoms. The second-order valence-corrected chi connectivity index (χ2v) is 22.2. The average Bonchev–Trinajstić information content (AvgIpc) is 1.57. The van der Waals surface area contributed by atoms with Crippen LogP contribution >= 0.6 is 0 Å². The van der Waals surface area contributed by atoms with Gasteiger partial charge in [-0.05, 0) is 180 Å². The Morgan fingerprint density at radius 1 is 0.364 bits per heavy atom. The van der Waals surface area contributed by atoms with Crippen molar-refractivity contribution in [1.82, 2.24) is 4.57 Å². The van der Waals surface area contributed by atoms with Gasteiger partial charge in [-0.15, -0.1) is 0 Å². The van der Waals surface area contributed by atoms with Gasteiger partial charge in [0.15, 0.2) is 0 Å². The lowest BCUT2D eigenvalue weighted by Crippen LogP contribution is -2.28. The molecule has 88 heavy (non-hydrogen) atoms. The van der Waals surface area contributed by atoms with Crippen LogP contribution in [0.5, 0.6) is 11.5 Å². The lowest BCUT2D eigenvalue weighted by Gasteiger charge is -2.35. The number of benzene rings is 13. The van der Waals surface area contributed by atoms with E-state index < -0.39 is 23.5 Å². The first-order valence-electron chi connectivity index (χ1n) is 32.0. The first-order chi connectivity index (χ1) is 45.5. The van der Waals surface area contributed by atoms with Gasteiger partial charge in [0.2, 0.25) is 0 Å². The maximum absolute atomic E-state index is 9.32. The summed E-state index contributed by atoms with van der Waals surface area (Å²) in [7, 11) is 0. The summed E-state index contributed by atoms with van der Waals surface area (Å²) in [6, 6.07) is 95.8. The smallest absolute Gasteiger partial charge is 0.127 e. The van der Waals surface area contributed by atoms with Crippen molar-refractivity contribution in [3.05, 3.63) is 368 Å². The van der Waals surface area contributed by atoms with Crippen LogP contribution in [0.2, 0.25) is 0 Å². The van der Waals surface area contributed by atoms with Crippen LogP contribution in [0.3, 0.4) is 0 Å². The fourth-order valence-corrected chi connectivity index (χ4v) is 13.1. The van der Waals surface area contributed by atoms with Crippen molar-refractivity contribution in [1.29, 1.82) is 0 Å². The van der Waals surface area contributed by atoms with E-state index in [1.165, 1.54) is 0 Å². The molecule has 0 amide bonds. The van der Waals surface area contributed by atoms with Gasteiger partial charge >= 0.3 is 0 Å². The van der Waals surface area contributed by atoms with Gasteiger partial charge in [-0.3, -0.25) is 0 Å². The molecule has 0 aliphatic heterocycles. The van der Waals surface area contributed by atoms with E-state index in [9.17, 15) is 2.74 Å². The van der Waals surface area contributed by atoms with Gasteiger partial charge in [0.25, 0.3) is 0 Å². The molecule has 1 aliphatic carbocycles. The number of rotatable bonds is 15. The fraction of sp³-hybridized carbons (Fsp3) is 0.0118. The van der Waals surface area contributed by atoms with E-state index in [4.69, 9.17) is 8.85 Å². The first kappa shape index (κ1) is 47.8. The second-order valence-electron chi connectivity index (χ2n) is 22.2. The number of nitrogens with zero attached hydrogens (tertiary/aromatic N) is 2. The van der Waals surface area contributed by atoms with Gasteiger partial charge in [-0.25, -0.2) is 0 Å². The van der Waals surface area contributed by atoms with Crippen LogP contribution < -0.4 is 9.64 Å². The molecule has 0 saturated heterocycles. The third-order valence-electron chi connectivity index (χ3n) is 17.3. The highest BCUT2D eigenvalue weighted by Crippen LogP contribution is 2.58. The highest BCUT2D eigenvalue weighted by Gasteiger charge is 2.46. The Balaban J connectivity index is 0.883. The predicted molar refractivity (Wildman–Crippen MR) is 371 cm³/mol. The van der Waals surface area contributed by atoms with Gasteiger partial charge in [-0.1, -0.05) is 256 Å². The number of aromatic nitrogens is 1. The molecule has 14 aromatic rings. The molecule has 0 fully saturated rings. The van der Waals surface area contributed by atoms with E-state index in [1.807, 2.05) is 85.0 Å². The summed E-state index contributed by atoms with van der Waals surface area (Å²) in [5, 5.41) is 2.24. The quantitative estimate of drug-likeness (QED) is 0.102. The van der Waals surface area contributed by atoms with Crippen molar-refractivity contribution in [3.63, 3.8) is 0 Å². The largest absolute Gasteiger partial charge is 0.457 e. The molecule has 3 heteroatoms. The third-order valence-corrected chi connectivity index (χ3v) is 17.3. The molecule has 13 aromatic carbocycles. The van der Waals surface area contributed by atoms with E-state index in [2.05, 4.69) is 242 Å². The fourth-order valence-electron chi connectivity index (χ4n) is 13.1. The van der Waals surface area contributed by atoms with Gasteiger partial charge in [0, 0.05) is 33.4 Å². The van der Waals surface area contributed by atoms with Crippen LogP contribution in [0, 0.1) is 0 Å². The van der Waals surface area contributed by atoms with E-state index in [-0.39, 0.29) is 17.6 Å². The lowest BCUT2D eigenvalue weighted by atomic mass is 9.67. The van der Waals surface area contributed by atoms with Crippen molar-refractivity contribution < 1.29 is 11.6 Å². The normalized spacial score (nSPS) is 14.0. The van der Waals surface area contributed by atoms with Crippen LogP contribution in [0.15, 0.2) is 329 Å². The summed E-state index contributed by atoms with van der Waals surface area (Å²) in [5.41, 5.74) is 21.3. The molecule has 0 spiro atoms. The maximum atomic E-state index is 9.32. The van der Waals surface area contributed by atoms with Crippen molar-refractivity contribution in [2.24, 2.45) is 0 Å². The third kappa shape index (κ3) is 9.34. The topological polar surface area (TPSA) is 17.4 Å². The number of para-hydroxylation sites is 2. The Bertz CT molecular complexity index is 5170. The Morgan fingerprint density at radius 3 is 1.55 bits per heavy atom. The van der Waals surface area contributed by atoms with E-state index >= 15 is 0 Å². The molecule has 1 aliphatic rings. The van der Waals surface area contributed by atoms with Crippen LogP contribution in [-0.2, 0) is 5.41 Å². The molecule has 3 nitrogen and oxygen atoms in total. The van der Waals surface area contributed by atoms with Crippen molar-refractivity contribution in [3.8, 4) is 72.8 Å². The van der Waals surface area contributed by atoms with E-state index in [1.54, 1.807) is 0 Å². The molecule has 1 unspecified atom stereocenters. The highest BCUT2D eigenvalue weighted by atomic mass is 16.5. The minimum atomic E-state index is -0.808. The summed E-state index contributed by atoms with van der Waals surface area (Å²) in [6.07, 6.45) is 5.55. The van der Waals surface area contributed by atoms with Crippen molar-refractivity contribution >= 4 is 57.1 Å². The number of anilines is 3. The molecule has 15 rings (SSSR count). The van der Waals surface area contributed by atoms with Crippen molar-refractivity contribution in [2.75, 3.05) is 4.90 Å². The summed E-state index contributed by atoms with van der Waals surface area (Å²) >= 11 is 0. The molecular formula is C85H60N2O. The zero-order valence-corrected chi connectivity index (χ0v) is 48.2. The predicted octanol–water partition coefficient (Wildman–Crippen LogP) is 23.0. The Labute approximate surface area is 521 Å². The summed E-state index contributed by atoms with van der Waals surface area (Å²) in [4.78, 5) is 2.16. The van der Waals surface area contributed by atoms with Gasteiger partial charge in [-0.2, -0.15) is 0 Å². The van der Waals surface area contributed by atoms with E-state index in [0.717, 1.165) is 128 Å². The summed E-state index contributed by atoms with van der Waals surface area (Å²) in [6.45, 7) is 11.9. The van der Waals surface area contributed by atoms with E-state index in [0.29, 0.717) is 17.0 Å². The number of fused-ring (bicyclic) bond motifs is 6. The molecule has 1 aromatic heterocycles. The van der Waals surface area contributed by atoms with Gasteiger partial charge < -0.3 is 14.2 Å². The maximum Gasteiger partial charge on any atom is 0.127 e. The molecule has 416 valence electrons. The number of hydrogen-bond acceptors (Lipinski definition) is 2. The molecule has 0 radical (unpaired) electrons. The van der Waals surface area contributed by atoms with Gasteiger partial charge in [0.05, 0.1) is 29.0 Å². The second kappa shape index (κ2) is 22.5. The van der Waals surface area contributed by atoms with Gasteiger partial charge in [0.1, 0.15) is 11.5 Å². The molecule has 0 saturated carbocycles. The SMILES string of the molecule is [2H]c1c([2H])c([2H])c(-c2ccccc2N(c2ccc(-c3ccc4c(c3)c3ccccc3n4-c3cc(-c4ccc(C=C)cc4)cc(-c4ccc(C=C)cc4)c3)cc2)c2ccc3c(c2)C(c2ccccc2)(c2ccc(Oc4ccc(C=C)cc4)cc2)c2ccccc2-3)c([2H])c1[2H]. The molecule has 1 heterocycles.